The third kappa shape index (κ3) is 2.75. The summed E-state index contributed by atoms with van der Waals surface area (Å²) in [6.07, 6.45) is 39.8. The largest absolute Gasteiger partial charge is 0.0804 e. The molecule has 0 aromatic carbocycles. The minimum atomic E-state index is 0.366. The van der Waals surface area contributed by atoms with Crippen LogP contribution in [0.4, 0.5) is 0 Å². The van der Waals surface area contributed by atoms with Crippen LogP contribution in [0.1, 0.15) is 32.1 Å². The van der Waals surface area contributed by atoms with Crippen molar-refractivity contribution in [3.8, 4) is 0 Å². The zero-order valence-corrected chi connectivity index (χ0v) is 17.3. The van der Waals surface area contributed by atoms with Crippen LogP contribution in [-0.4, -0.2) is 0 Å². The Morgan fingerprint density at radius 3 is 1.20 bits per heavy atom. The Hall–Kier alpha value is -3.12. The smallest absolute Gasteiger partial charge is 0.0323 e. The molecule has 0 radical (unpaired) electrons. The highest BCUT2D eigenvalue weighted by Gasteiger charge is 2.40. The number of rotatable bonds is 5. The van der Waals surface area contributed by atoms with Crippen molar-refractivity contribution in [2.24, 2.45) is 5.92 Å². The van der Waals surface area contributed by atoms with Crippen LogP contribution in [0.3, 0.4) is 0 Å². The predicted molar refractivity (Wildman–Crippen MR) is 127 cm³/mol. The molecule has 6 aliphatic rings. The molecule has 0 heteroatoms. The fourth-order valence-corrected chi connectivity index (χ4v) is 5.67. The fourth-order valence-electron chi connectivity index (χ4n) is 5.67. The molecule has 146 valence electrons. The lowest BCUT2D eigenvalue weighted by molar-refractivity contribution is 0.829. The minimum Gasteiger partial charge on any atom is -0.0804 e. The monoisotopic (exact) mass is 386 g/mol. The van der Waals surface area contributed by atoms with Crippen LogP contribution in [-0.2, 0) is 0 Å². The summed E-state index contributed by atoms with van der Waals surface area (Å²) in [7, 11) is 0. The van der Waals surface area contributed by atoms with Crippen LogP contribution >= 0.6 is 0 Å². The van der Waals surface area contributed by atoms with Gasteiger partial charge in [0.25, 0.3) is 0 Å². The topological polar surface area (TPSA) is 0 Å². The molecule has 0 unspecified atom stereocenters. The Bertz CT molecular complexity index is 1100. The molecule has 0 fully saturated rings. The first-order valence-corrected chi connectivity index (χ1v) is 11.2. The molecular weight excluding hydrogens is 360 g/mol. The van der Waals surface area contributed by atoms with Gasteiger partial charge >= 0.3 is 0 Å². The molecule has 0 bridgehead atoms. The van der Waals surface area contributed by atoms with E-state index in [9.17, 15) is 0 Å². The third-order valence-electron chi connectivity index (χ3n) is 6.96. The van der Waals surface area contributed by atoms with E-state index >= 15 is 0 Å². The summed E-state index contributed by atoms with van der Waals surface area (Å²) in [6.45, 7) is 0. The standard InChI is InChI=1S/C30H26/c1-2-12-21(11-1)26-27(22-13-3-4-14-22)29(24-17-7-8-18-24)30(25-19-9-10-20-25)28(26)23-15-5-6-16-23/h1-11,13,15,17,19,26H,12,14,16,18,20H2. The molecule has 0 saturated carbocycles. The number of hydrogen-bond acceptors (Lipinski definition) is 0. The molecule has 6 rings (SSSR count). The van der Waals surface area contributed by atoms with Crippen LogP contribution in [0.5, 0.6) is 0 Å². The van der Waals surface area contributed by atoms with E-state index in [4.69, 9.17) is 0 Å². The van der Waals surface area contributed by atoms with Crippen LogP contribution in [0, 0.1) is 5.92 Å². The van der Waals surface area contributed by atoms with E-state index in [1.54, 1.807) is 16.7 Å². The van der Waals surface area contributed by atoms with Gasteiger partial charge in [-0.2, -0.15) is 0 Å². The lowest BCUT2D eigenvalue weighted by Gasteiger charge is -2.24. The zero-order chi connectivity index (χ0) is 19.9. The van der Waals surface area contributed by atoms with Gasteiger partial charge in [0, 0.05) is 5.92 Å². The first-order valence-electron chi connectivity index (χ1n) is 11.2. The summed E-state index contributed by atoms with van der Waals surface area (Å²) in [4.78, 5) is 0. The van der Waals surface area contributed by atoms with Crippen molar-refractivity contribution in [3.63, 3.8) is 0 Å². The lowest BCUT2D eigenvalue weighted by Crippen LogP contribution is -2.11. The maximum absolute atomic E-state index is 2.37. The van der Waals surface area contributed by atoms with Gasteiger partial charge in [0.05, 0.1) is 0 Å². The molecule has 0 aromatic heterocycles. The fraction of sp³-hybridized carbons (Fsp3) is 0.200. The average molecular weight is 387 g/mol. The zero-order valence-electron chi connectivity index (χ0n) is 17.3. The molecular formula is C30H26. The van der Waals surface area contributed by atoms with Gasteiger partial charge in [-0.15, -0.1) is 0 Å². The normalized spacial score (nSPS) is 24.6. The summed E-state index contributed by atoms with van der Waals surface area (Å²) in [6, 6.07) is 0. The van der Waals surface area contributed by atoms with Gasteiger partial charge in [-0.25, -0.2) is 0 Å². The summed E-state index contributed by atoms with van der Waals surface area (Å²) in [5, 5.41) is 0. The highest BCUT2D eigenvalue weighted by atomic mass is 14.4. The second-order valence-electron chi connectivity index (χ2n) is 8.68. The third-order valence-corrected chi connectivity index (χ3v) is 6.96. The first kappa shape index (κ1) is 17.7. The van der Waals surface area contributed by atoms with Crippen molar-refractivity contribution >= 4 is 0 Å². The van der Waals surface area contributed by atoms with Crippen molar-refractivity contribution in [2.45, 2.75) is 32.1 Å². The van der Waals surface area contributed by atoms with Crippen molar-refractivity contribution in [1.29, 1.82) is 0 Å². The van der Waals surface area contributed by atoms with E-state index in [1.807, 2.05) is 0 Å². The molecule has 0 atom stereocenters. The van der Waals surface area contributed by atoms with Crippen molar-refractivity contribution in [3.05, 3.63) is 141 Å². The van der Waals surface area contributed by atoms with Gasteiger partial charge in [0.15, 0.2) is 0 Å². The van der Waals surface area contributed by atoms with E-state index in [2.05, 4.69) is 91.1 Å². The number of hydrogen-bond donors (Lipinski definition) is 0. The SMILES string of the molecule is C1=CCC(C2=C(C3=CC=CC3)C(C3=CC=CC3)C(C3=CC=CC3)=C2C2=CC=CC2)=C1. The Balaban J connectivity index is 1.63. The molecule has 0 heterocycles. The van der Waals surface area contributed by atoms with Crippen LogP contribution in [0.15, 0.2) is 141 Å². The molecule has 0 aromatic rings. The van der Waals surface area contributed by atoms with E-state index < -0.39 is 0 Å². The van der Waals surface area contributed by atoms with Gasteiger partial charge in [0.1, 0.15) is 0 Å². The maximum Gasteiger partial charge on any atom is 0.0323 e. The Morgan fingerprint density at radius 2 is 0.833 bits per heavy atom. The highest BCUT2D eigenvalue weighted by Crippen LogP contribution is 2.55. The van der Waals surface area contributed by atoms with Gasteiger partial charge in [0.2, 0.25) is 0 Å². The second-order valence-corrected chi connectivity index (χ2v) is 8.68. The Morgan fingerprint density at radius 1 is 0.433 bits per heavy atom. The number of allylic oxidation sites excluding steroid dienone is 24. The van der Waals surface area contributed by atoms with Crippen LogP contribution in [0.25, 0.3) is 0 Å². The molecule has 0 amide bonds. The molecule has 30 heavy (non-hydrogen) atoms. The molecule has 0 aliphatic heterocycles. The van der Waals surface area contributed by atoms with Crippen LogP contribution in [0.2, 0.25) is 0 Å². The van der Waals surface area contributed by atoms with Gasteiger partial charge in [-0.3, -0.25) is 0 Å². The molecule has 0 spiro atoms. The summed E-state index contributed by atoms with van der Waals surface area (Å²) >= 11 is 0. The average Bonchev–Trinajstić information content (AvgIpc) is 3.61. The van der Waals surface area contributed by atoms with Crippen LogP contribution < -0.4 is 0 Å². The lowest BCUT2D eigenvalue weighted by atomic mass is 9.79. The summed E-state index contributed by atoms with van der Waals surface area (Å²) < 4.78 is 0. The minimum absolute atomic E-state index is 0.366. The Kier molecular flexibility index (Phi) is 4.30. The maximum atomic E-state index is 2.37. The van der Waals surface area contributed by atoms with Crippen molar-refractivity contribution < 1.29 is 0 Å². The highest BCUT2D eigenvalue weighted by molar-refractivity contribution is 5.77. The van der Waals surface area contributed by atoms with Gasteiger partial charge in [-0.05, 0) is 76.7 Å². The quantitative estimate of drug-likeness (QED) is 0.455. The summed E-state index contributed by atoms with van der Waals surface area (Å²) in [5.41, 5.74) is 13.7. The van der Waals surface area contributed by atoms with Crippen molar-refractivity contribution in [1.82, 2.24) is 0 Å². The van der Waals surface area contributed by atoms with E-state index in [1.165, 1.54) is 33.4 Å². The van der Waals surface area contributed by atoms with E-state index in [0.29, 0.717) is 5.92 Å². The van der Waals surface area contributed by atoms with E-state index in [0.717, 1.165) is 32.1 Å². The van der Waals surface area contributed by atoms with Gasteiger partial charge < -0.3 is 0 Å². The van der Waals surface area contributed by atoms with E-state index in [-0.39, 0.29) is 0 Å². The molecule has 0 N–H and O–H groups in total. The van der Waals surface area contributed by atoms with Gasteiger partial charge in [-0.1, -0.05) is 96.7 Å². The molecule has 6 aliphatic carbocycles. The molecule has 0 saturated heterocycles. The molecule has 0 nitrogen and oxygen atoms in total. The second kappa shape index (κ2) is 7.29. The van der Waals surface area contributed by atoms with Crippen molar-refractivity contribution in [2.75, 3.05) is 0 Å². The Labute approximate surface area is 179 Å². The summed E-state index contributed by atoms with van der Waals surface area (Å²) in [5.74, 6) is 0.366. The first-order chi connectivity index (χ1) is 14.9. The predicted octanol–water partition coefficient (Wildman–Crippen LogP) is 7.64.